The normalized spacial score (nSPS) is 10.8. The van der Waals surface area contributed by atoms with E-state index in [1.807, 2.05) is 24.3 Å². The summed E-state index contributed by atoms with van der Waals surface area (Å²) in [4.78, 5) is 0. The van der Waals surface area contributed by atoms with Gasteiger partial charge >= 0.3 is 0 Å². The van der Waals surface area contributed by atoms with E-state index < -0.39 is 0 Å². The maximum atomic E-state index is 9.42. The third-order valence-corrected chi connectivity index (χ3v) is 3.95. The van der Waals surface area contributed by atoms with Gasteiger partial charge < -0.3 is 32.1 Å². The average Bonchev–Trinajstić information content (AvgIpc) is 2.58. The predicted octanol–water partition coefficient (Wildman–Crippen LogP) is 0.992. The fourth-order valence-electron chi connectivity index (χ4n) is 2.81. The zero-order valence-electron chi connectivity index (χ0n) is 13.6. The van der Waals surface area contributed by atoms with Gasteiger partial charge in [-0.1, -0.05) is 12.1 Å². The molecule has 2 rings (SSSR count). The van der Waals surface area contributed by atoms with E-state index >= 15 is 0 Å². The molecular formula is C18H25N3O3. The molecule has 0 saturated heterocycles. The molecule has 0 saturated carbocycles. The van der Waals surface area contributed by atoms with Gasteiger partial charge in [0.2, 0.25) is 0 Å². The minimum absolute atomic E-state index is 0.0176. The van der Waals surface area contributed by atoms with Crippen LogP contribution < -0.4 is 16.8 Å². The van der Waals surface area contributed by atoms with Crippen LogP contribution in [0.25, 0.3) is 11.1 Å². The average molecular weight is 331 g/mol. The van der Waals surface area contributed by atoms with Crippen LogP contribution >= 0.6 is 0 Å². The molecule has 8 N–H and O–H groups in total. The van der Waals surface area contributed by atoms with Gasteiger partial charge in [-0.15, -0.1) is 0 Å². The number of hydrogen-bond donors (Lipinski definition) is 6. The monoisotopic (exact) mass is 331 g/mol. The van der Waals surface area contributed by atoms with Gasteiger partial charge in [0.25, 0.3) is 0 Å². The highest BCUT2D eigenvalue weighted by molar-refractivity contribution is 5.85. The smallest absolute Gasteiger partial charge is 0.0604 e. The lowest BCUT2D eigenvalue weighted by Gasteiger charge is -2.19. The Bertz CT molecular complexity index is 689. The van der Waals surface area contributed by atoms with Crippen LogP contribution in [0.4, 0.5) is 17.1 Å². The summed E-state index contributed by atoms with van der Waals surface area (Å²) in [5.41, 5.74) is 17.7. The number of aliphatic hydroxyl groups is 3. The number of nitrogen functional groups attached to an aromatic ring is 2. The first kappa shape index (κ1) is 18.1. The van der Waals surface area contributed by atoms with E-state index in [2.05, 4.69) is 5.32 Å². The van der Waals surface area contributed by atoms with Crippen LogP contribution in [0, 0.1) is 0 Å². The van der Waals surface area contributed by atoms with Crippen molar-refractivity contribution in [3.05, 3.63) is 41.5 Å². The molecule has 2 aromatic carbocycles. The lowest BCUT2D eigenvalue weighted by molar-refractivity contribution is 0.298. The molecule has 0 aliphatic carbocycles. The van der Waals surface area contributed by atoms with E-state index in [4.69, 9.17) is 16.6 Å². The number of hydrogen-bond acceptors (Lipinski definition) is 6. The van der Waals surface area contributed by atoms with Crippen LogP contribution in [0.3, 0.4) is 0 Å². The second-order valence-electron chi connectivity index (χ2n) is 5.57. The molecule has 0 fully saturated rings. The summed E-state index contributed by atoms with van der Waals surface area (Å²) < 4.78 is 0. The fourth-order valence-corrected chi connectivity index (χ4v) is 2.81. The summed E-state index contributed by atoms with van der Waals surface area (Å²) in [6.07, 6.45) is 0.881. The van der Waals surface area contributed by atoms with Crippen LogP contribution in [0.15, 0.2) is 30.3 Å². The number of rotatable bonds is 8. The van der Waals surface area contributed by atoms with Crippen molar-refractivity contribution in [3.8, 4) is 11.1 Å². The van der Waals surface area contributed by atoms with Gasteiger partial charge in [0, 0.05) is 42.4 Å². The zero-order chi connectivity index (χ0) is 17.5. The molecule has 0 radical (unpaired) electrons. The maximum Gasteiger partial charge on any atom is 0.0604 e. The third-order valence-electron chi connectivity index (χ3n) is 3.95. The number of aliphatic hydroxyl groups excluding tert-OH is 3. The Morgan fingerprint density at radius 1 is 0.833 bits per heavy atom. The van der Waals surface area contributed by atoms with Crippen molar-refractivity contribution in [1.29, 1.82) is 0 Å². The summed E-state index contributed by atoms with van der Waals surface area (Å²) in [5.74, 6) is 0. The summed E-state index contributed by atoms with van der Waals surface area (Å²) >= 11 is 0. The van der Waals surface area contributed by atoms with Crippen LogP contribution in [0.1, 0.15) is 11.1 Å². The molecule has 0 heterocycles. The minimum Gasteiger partial charge on any atom is -0.399 e. The molecule has 0 bridgehead atoms. The molecule has 2 aromatic rings. The first-order valence-electron chi connectivity index (χ1n) is 7.99. The van der Waals surface area contributed by atoms with E-state index in [1.165, 1.54) is 0 Å². The van der Waals surface area contributed by atoms with E-state index in [9.17, 15) is 10.2 Å². The van der Waals surface area contributed by atoms with Crippen LogP contribution in [-0.2, 0) is 12.8 Å². The molecule has 6 nitrogen and oxygen atoms in total. The zero-order valence-corrected chi connectivity index (χ0v) is 13.6. The Morgan fingerprint density at radius 2 is 1.58 bits per heavy atom. The Morgan fingerprint density at radius 3 is 2.25 bits per heavy atom. The highest BCUT2D eigenvalue weighted by Crippen LogP contribution is 2.36. The molecule has 0 spiro atoms. The maximum absolute atomic E-state index is 9.42. The van der Waals surface area contributed by atoms with Crippen LogP contribution in [-0.4, -0.2) is 41.7 Å². The molecule has 0 aromatic heterocycles. The Hall–Kier alpha value is -2.28. The van der Waals surface area contributed by atoms with Gasteiger partial charge in [0.1, 0.15) is 0 Å². The number of benzene rings is 2. The van der Waals surface area contributed by atoms with Crippen molar-refractivity contribution in [2.24, 2.45) is 0 Å². The molecule has 6 heteroatoms. The summed E-state index contributed by atoms with van der Waals surface area (Å²) in [7, 11) is 0. The first-order chi connectivity index (χ1) is 11.6. The van der Waals surface area contributed by atoms with Crippen molar-refractivity contribution in [1.82, 2.24) is 0 Å². The third kappa shape index (κ3) is 3.97. The molecule has 0 unspecified atom stereocenters. The second kappa shape index (κ2) is 8.54. The van der Waals surface area contributed by atoms with E-state index in [0.29, 0.717) is 30.8 Å². The number of nitrogens with one attached hydrogen (secondary N) is 1. The lowest BCUT2D eigenvalue weighted by Crippen LogP contribution is -2.09. The Balaban J connectivity index is 2.58. The predicted molar refractivity (Wildman–Crippen MR) is 97.9 cm³/mol. The molecule has 0 atom stereocenters. The molecular weight excluding hydrogens is 306 g/mol. The van der Waals surface area contributed by atoms with Crippen molar-refractivity contribution in [2.45, 2.75) is 12.8 Å². The van der Waals surface area contributed by atoms with Gasteiger partial charge in [0.15, 0.2) is 0 Å². The molecule has 0 aliphatic rings. The highest BCUT2D eigenvalue weighted by atomic mass is 16.3. The van der Waals surface area contributed by atoms with Gasteiger partial charge in [-0.2, -0.15) is 0 Å². The van der Waals surface area contributed by atoms with Crippen molar-refractivity contribution >= 4 is 17.1 Å². The van der Waals surface area contributed by atoms with Crippen molar-refractivity contribution in [2.75, 3.05) is 43.1 Å². The second-order valence-corrected chi connectivity index (χ2v) is 5.57. The van der Waals surface area contributed by atoms with Gasteiger partial charge in [-0.3, -0.25) is 0 Å². The van der Waals surface area contributed by atoms with Crippen LogP contribution in [0.2, 0.25) is 0 Å². The van der Waals surface area contributed by atoms with Gasteiger partial charge in [0.05, 0.1) is 6.61 Å². The number of anilines is 3. The standard InChI is InChI=1S/C18H25N3O3/c19-13-2-4-17(21-7-10-24)16(11-13)14-3-1-12(5-8-22)18(20)15(14)6-9-23/h1-4,11,21-24H,5-10,19-20H2. The minimum atomic E-state index is -0.0263. The summed E-state index contributed by atoms with van der Waals surface area (Å²) in [6.45, 7) is 0.431. The van der Waals surface area contributed by atoms with E-state index in [0.717, 1.165) is 27.9 Å². The first-order valence-corrected chi connectivity index (χ1v) is 7.99. The van der Waals surface area contributed by atoms with Gasteiger partial charge in [-0.25, -0.2) is 0 Å². The topological polar surface area (TPSA) is 125 Å². The highest BCUT2D eigenvalue weighted by Gasteiger charge is 2.15. The summed E-state index contributed by atoms with van der Waals surface area (Å²) in [6, 6.07) is 9.33. The molecule has 0 aliphatic heterocycles. The SMILES string of the molecule is Nc1ccc(NCCO)c(-c2ccc(CCO)c(N)c2CCO)c1. The Labute approximate surface area is 141 Å². The largest absolute Gasteiger partial charge is 0.399 e. The van der Waals surface area contributed by atoms with E-state index in [1.54, 1.807) is 6.07 Å². The number of nitrogens with two attached hydrogens (primary N) is 2. The lowest BCUT2D eigenvalue weighted by atomic mass is 9.91. The van der Waals surface area contributed by atoms with Crippen molar-refractivity contribution < 1.29 is 15.3 Å². The summed E-state index contributed by atoms with van der Waals surface area (Å²) in [5, 5.41) is 30.8. The van der Waals surface area contributed by atoms with E-state index in [-0.39, 0.29) is 19.8 Å². The van der Waals surface area contributed by atoms with Gasteiger partial charge in [-0.05, 0) is 47.7 Å². The Kier molecular flexibility index (Phi) is 6.43. The fraction of sp³-hybridized carbons (Fsp3) is 0.333. The van der Waals surface area contributed by atoms with Crippen molar-refractivity contribution in [3.63, 3.8) is 0 Å². The molecule has 130 valence electrons. The van der Waals surface area contributed by atoms with Crippen LogP contribution in [0.5, 0.6) is 0 Å². The molecule has 24 heavy (non-hydrogen) atoms. The quantitative estimate of drug-likeness (QED) is 0.401. The molecule has 0 amide bonds.